The van der Waals surface area contributed by atoms with Crippen molar-refractivity contribution in [1.82, 2.24) is 10.2 Å². The van der Waals surface area contributed by atoms with Crippen molar-refractivity contribution in [2.45, 2.75) is 52.1 Å². The van der Waals surface area contributed by atoms with Crippen LogP contribution in [0.15, 0.2) is 0 Å². The van der Waals surface area contributed by atoms with E-state index in [1.807, 2.05) is 4.90 Å². The number of rotatable bonds is 4. The Hall–Kier alpha value is -0.610. The van der Waals surface area contributed by atoms with Crippen molar-refractivity contribution in [3.8, 4) is 0 Å². The van der Waals surface area contributed by atoms with Crippen molar-refractivity contribution in [1.29, 1.82) is 0 Å². The van der Waals surface area contributed by atoms with Crippen LogP contribution in [0, 0.1) is 11.8 Å². The fourth-order valence-corrected chi connectivity index (χ4v) is 3.28. The first-order chi connectivity index (χ1) is 9.66. The molecule has 0 spiro atoms. The number of nitrogens with zero attached hydrogens (tertiary/aromatic N) is 1. The summed E-state index contributed by atoms with van der Waals surface area (Å²) in [4.78, 5) is 14.3. The van der Waals surface area contributed by atoms with Gasteiger partial charge < -0.3 is 15.0 Å². The van der Waals surface area contributed by atoms with Crippen LogP contribution < -0.4 is 5.32 Å². The maximum atomic E-state index is 12.3. The Morgan fingerprint density at radius 3 is 2.65 bits per heavy atom. The summed E-state index contributed by atoms with van der Waals surface area (Å²) >= 11 is 0. The average molecular weight is 282 g/mol. The molecule has 0 radical (unpaired) electrons. The van der Waals surface area contributed by atoms with Crippen molar-refractivity contribution in [3.63, 3.8) is 0 Å². The van der Waals surface area contributed by atoms with Crippen molar-refractivity contribution >= 4 is 5.91 Å². The van der Waals surface area contributed by atoms with Gasteiger partial charge in [0.15, 0.2) is 0 Å². The quantitative estimate of drug-likeness (QED) is 0.858. The molecule has 20 heavy (non-hydrogen) atoms. The molecule has 2 fully saturated rings. The molecule has 1 amide bonds. The molecule has 0 aromatic rings. The van der Waals surface area contributed by atoms with Crippen LogP contribution in [0.4, 0.5) is 0 Å². The van der Waals surface area contributed by atoms with E-state index < -0.39 is 0 Å². The van der Waals surface area contributed by atoms with Gasteiger partial charge in [-0.15, -0.1) is 0 Å². The molecular formula is C16H30N2O2. The number of likely N-dealkylation sites (tertiary alicyclic amines) is 1. The Balaban J connectivity index is 1.71. The van der Waals surface area contributed by atoms with E-state index in [1.54, 1.807) is 0 Å². The second kappa shape index (κ2) is 7.99. The summed E-state index contributed by atoms with van der Waals surface area (Å²) in [5.74, 6) is 1.70. The molecule has 2 heterocycles. The van der Waals surface area contributed by atoms with Crippen LogP contribution in [0.3, 0.4) is 0 Å². The highest BCUT2D eigenvalue weighted by atomic mass is 16.5. The minimum atomic E-state index is 0.188. The highest BCUT2D eigenvalue weighted by Gasteiger charge is 2.23. The third kappa shape index (κ3) is 4.74. The third-order valence-corrected chi connectivity index (χ3v) is 4.80. The Labute approximate surface area is 123 Å². The summed E-state index contributed by atoms with van der Waals surface area (Å²) in [6, 6.07) is 0. The van der Waals surface area contributed by atoms with Crippen LogP contribution in [0.25, 0.3) is 0 Å². The average Bonchev–Trinajstić information content (AvgIpc) is 2.72. The Bertz CT molecular complexity index is 301. The molecule has 1 atom stereocenters. The SMILES string of the molecule is CC(C)C1CCCN(C(=O)COC2CCNCC2)CC1. The zero-order valence-corrected chi connectivity index (χ0v) is 13.1. The van der Waals surface area contributed by atoms with Gasteiger partial charge in [-0.1, -0.05) is 13.8 Å². The topological polar surface area (TPSA) is 41.6 Å². The summed E-state index contributed by atoms with van der Waals surface area (Å²) in [6.07, 6.45) is 5.89. The van der Waals surface area contributed by atoms with E-state index in [0.29, 0.717) is 0 Å². The van der Waals surface area contributed by atoms with Crippen LogP contribution in [0.5, 0.6) is 0 Å². The fourth-order valence-electron chi connectivity index (χ4n) is 3.28. The lowest BCUT2D eigenvalue weighted by Gasteiger charge is -2.25. The predicted molar refractivity (Wildman–Crippen MR) is 80.6 cm³/mol. The molecule has 0 saturated carbocycles. The fraction of sp³-hybridized carbons (Fsp3) is 0.938. The second-order valence-corrected chi connectivity index (χ2v) is 6.58. The minimum Gasteiger partial charge on any atom is -0.368 e. The number of hydrogen-bond acceptors (Lipinski definition) is 3. The van der Waals surface area contributed by atoms with E-state index in [-0.39, 0.29) is 18.6 Å². The molecule has 2 rings (SSSR count). The molecule has 0 aliphatic carbocycles. The standard InChI is InChI=1S/C16H30N2O2/c1-13(2)14-4-3-10-18(11-7-14)16(19)12-20-15-5-8-17-9-6-15/h13-15,17H,3-12H2,1-2H3. The van der Waals surface area contributed by atoms with Gasteiger partial charge in [0.25, 0.3) is 0 Å². The summed E-state index contributed by atoms with van der Waals surface area (Å²) in [5, 5.41) is 3.31. The van der Waals surface area contributed by atoms with Crippen LogP contribution in [0.1, 0.15) is 46.0 Å². The number of piperidine rings is 1. The van der Waals surface area contributed by atoms with E-state index in [9.17, 15) is 4.79 Å². The zero-order chi connectivity index (χ0) is 14.4. The largest absolute Gasteiger partial charge is 0.368 e. The van der Waals surface area contributed by atoms with Crippen LogP contribution in [0.2, 0.25) is 0 Å². The maximum Gasteiger partial charge on any atom is 0.248 e. The van der Waals surface area contributed by atoms with Gasteiger partial charge in [-0.25, -0.2) is 0 Å². The van der Waals surface area contributed by atoms with Gasteiger partial charge >= 0.3 is 0 Å². The van der Waals surface area contributed by atoms with Gasteiger partial charge in [0.2, 0.25) is 5.91 Å². The normalized spacial score (nSPS) is 25.8. The molecule has 4 nitrogen and oxygen atoms in total. The molecule has 116 valence electrons. The lowest BCUT2D eigenvalue weighted by molar-refractivity contribution is -0.138. The molecule has 2 aliphatic rings. The highest BCUT2D eigenvalue weighted by Crippen LogP contribution is 2.24. The lowest BCUT2D eigenvalue weighted by Crippen LogP contribution is -2.38. The lowest BCUT2D eigenvalue weighted by atomic mass is 9.89. The van der Waals surface area contributed by atoms with E-state index in [4.69, 9.17) is 4.74 Å². The van der Waals surface area contributed by atoms with Crippen LogP contribution in [-0.4, -0.2) is 49.7 Å². The Kier molecular flexibility index (Phi) is 6.30. The zero-order valence-electron chi connectivity index (χ0n) is 13.1. The van der Waals surface area contributed by atoms with Gasteiger partial charge in [-0.3, -0.25) is 4.79 Å². The number of carbonyl (C=O) groups excluding carboxylic acids is 1. The molecule has 2 saturated heterocycles. The molecule has 0 aromatic carbocycles. The van der Waals surface area contributed by atoms with Gasteiger partial charge in [-0.2, -0.15) is 0 Å². The molecule has 4 heteroatoms. The monoisotopic (exact) mass is 282 g/mol. The number of amides is 1. The second-order valence-electron chi connectivity index (χ2n) is 6.58. The van der Waals surface area contributed by atoms with Crippen molar-refractivity contribution < 1.29 is 9.53 Å². The molecular weight excluding hydrogens is 252 g/mol. The number of nitrogens with one attached hydrogen (secondary N) is 1. The molecule has 0 bridgehead atoms. The summed E-state index contributed by atoms with van der Waals surface area (Å²) in [6.45, 7) is 8.72. The predicted octanol–water partition coefficient (Wildman–Crippen LogP) is 2.04. The van der Waals surface area contributed by atoms with Gasteiger partial charge in [0.05, 0.1) is 6.10 Å². The molecule has 1 unspecified atom stereocenters. The summed E-state index contributed by atoms with van der Waals surface area (Å²) in [7, 11) is 0. The number of hydrogen-bond donors (Lipinski definition) is 1. The Morgan fingerprint density at radius 1 is 1.20 bits per heavy atom. The minimum absolute atomic E-state index is 0.188. The van der Waals surface area contributed by atoms with Crippen LogP contribution in [-0.2, 0) is 9.53 Å². The molecule has 2 aliphatic heterocycles. The summed E-state index contributed by atoms with van der Waals surface area (Å²) in [5.41, 5.74) is 0. The van der Waals surface area contributed by atoms with Crippen molar-refractivity contribution in [3.05, 3.63) is 0 Å². The first-order valence-electron chi connectivity index (χ1n) is 8.27. The van der Waals surface area contributed by atoms with Crippen molar-refractivity contribution in [2.24, 2.45) is 11.8 Å². The molecule has 1 N–H and O–H groups in total. The first kappa shape index (κ1) is 15.8. The number of ether oxygens (including phenoxy) is 1. The summed E-state index contributed by atoms with van der Waals surface area (Å²) < 4.78 is 5.78. The van der Waals surface area contributed by atoms with E-state index >= 15 is 0 Å². The smallest absolute Gasteiger partial charge is 0.248 e. The Morgan fingerprint density at radius 2 is 1.95 bits per heavy atom. The van der Waals surface area contributed by atoms with E-state index in [2.05, 4.69) is 19.2 Å². The highest BCUT2D eigenvalue weighted by molar-refractivity contribution is 5.77. The first-order valence-corrected chi connectivity index (χ1v) is 8.27. The van der Waals surface area contributed by atoms with Gasteiger partial charge in [-0.05, 0) is 57.0 Å². The van der Waals surface area contributed by atoms with Gasteiger partial charge in [0.1, 0.15) is 6.61 Å². The van der Waals surface area contributed by atoms with Crippen LogP contribution >= 0.6 is 0 Å². The van der Waals surface area contributed by atoms with E-state index in [0.717, 1.165) is 63.7 Å². The van der Waals surface area contributed by atoms with Gasteiger partial charge in [0, 0.05) is 13.1 Å². The molecule has 0 aromatic heterocycles. The third-order valence-electron chi connectivity index (χ3n) is 4.80. The maximum absolute atomic E-state index is 12.3. The number of carbonyl (C=O) groups is 1. The van der Waals surface area contributed by atoms with E-state index in [1.165, 1.54) is 6.42 Å². The van der Waals surface area contributed by atoms with Crippen molar-refractivity contribution in [2.75, 3.05) is 32.8 Å².